The second-order valence-corrected chi connectivity index (χ2v) is 6.58. The number of methoxy groups -OCH3 is 2. The summed E-state index contributed by atoms with van der Waals surface area (Å²) in [6.45, 7) is 1.49. The summed E-state index contributed by atoms with van der Waals surface area (Å²) in [5.41, 5.74) is 1.15. The molecule has 1 unspecified atom stereocenters. The third-order valence-corrected chi connectivity index (χ3v) is 5.06. The molecule has 23 heavy (non-hydrogen) atoms. The van der Waals surface area contributed by atoms with Crippen molar-refractivity contribution in [1.29, 1.82) is 0 Å². The lowest BCUT2D eigenvalue weighted by Gasteiger charge is -2.26. The zero-order chi connectivity index (χ0) is 16.8. The van der Waals surface area contributed by atoms with E-state index in [4.69, 9.17) is 9.47 Å². The van der Waals surface area contributed by atoms with E-state index in [1.54, 1.807) is 26.0 Å². The Balaban J connectivity index is 2.22. The van der Waals surface area contributed by atoms with Crippen LogP contribution in [-0.4, -0.2) is 50.9 Å². The number of carbonyl (C=O) groups is 1. The zero-order valence-electron chi connectivity index (χ0n) is 14.3. The number of thioether (sulfide) groups is 1. The highest BCUT2D eigenvalue weighted by molar-refractivity contribution is 7.98. The van der Waals surface area contributed by atoms with E-state index >= 15 is 0 Å². The van der Waals surface area contributed by atoms with Crippen LogP contribution in [0.3, 0.4) is 0 Å². The first-order chi connectivity index (χ1) is 11.1. The molecule has 0 bridgehead atoms. The van der Waals surface area contributed by atoms with Crippen LogP contribution in [-0.2, 0) is 11.3 Å². The molecule has 0 aromatic heterocycles. The van der Waals surface area contributed by atoms with Crippen LogP contribution in [0.25, 0.3) is 0 Å². The van der Waals surface area contributed by atoms with Crippen molar-refractivity contribution in [3.8, 4) is 11.5 Å². The van der Waals surface area contributed by atoms with Crippen molar-refractivity contribution < 1.29 is 14.3 Å². The van der Waals surface area contributed by atoms with Gasteiger partial charge in [-0.25, -0.2) is 0 Å². The standard InChI is InChI=1S/C17H26N2O3S/c1-19(13-7-5-6-8-18-17(13)20)11-12-9-14(21-2)15(22-3)10-16(12)23-4/h9-10,13H,5-8,11H2,1-4H3,(H,18,20). The third-order valence-electron chi connectivity index (χ3n) is 4.24. The first-order valence-corrected chi connectivity index (χ1v) is 9.10. The number of nitrogens with zero attached hydrogens (tertiary/aromatic N) is 1. The maximum Gasteiger partial charge on any atom is 0.237 e. The molecular formula is C17H26N2O3S. The lowest BCUT2D eigenvalue weighted by Crippen LogP contribution is -2.43. The molecule has 1 atom stereocenters. The molecule has 1 aromatic carbocycles. The normalized spacial score (nSPS) is 18.5. The van der Waals surface area contributed by atoms with Gasteiger partial charge in [-0.15, -0.1) is 11.8 Å². The summed E-state index contributed by atoms with van der Waals surface area (Å²) in [6.07, 6.45) is 5.09. The van der Waals surface area contributed by atoms with Crippen molar-refractivity contribution in [2.45, 2.75) is 36.7 Å². The predicted molar refractivity (Wildman–Crippen MR) is 93.4 cm³/mol. The van der Waals surface area contributed by atoms with Crippen LogP contribution in [0.4, 0.5) is 0 Å². The fourth-order valence-electron chi connectivity index (χ4n) is 2.94. The Kier molecular flexibility index (Phi) is 6.59. The fraction of sp³-hybridized carbons (Fsp3) is 0.588. The number of likely N-dealkylation sites (N-methyl/N-ethyl adjacent to an activating group) is 1. The molecule has 1 fully saturated rings. The number of amides is 1. The van der Waals surface area contributed by atoms with Gasteiger partial charge in [0.2, 0.25) is 5.91 Å². The van der Waals surface area contributed by atoms with Crippen molar-refractivity contribution in [3.05, 3.63) is 17.7 Å². The molecule has 1 N–H and O–H groups in total. The van der Waals surface area contributed by atoms with Gasteiger partial charge in [0.15, 0.2) is 11.5 Å². The van der Waals surface area contributed by atoms with E-state index in [0.29, 0.717) is 6.54 Å². The first-order valence-electron chi connectivity index (χ1n) is 7.87. The van der Waals surface area contributed by atoms with E-state index in [1.807, 2.05) is 25.4 Å². The van der Waals surface area contributed by atoms with Crippen LogP contribution in [0, 0.1) is 0 Å². The largest absolute Gasteiger partial charge is 0.493 e. The molecule has 0 spiro atoms. The van der Waals surface area contributed by atoms with Gasteiger partial charge in [0.25, 0.3) is 0 Å². The van der Waals surface area contributed by atoms with Crippen LogP contribution < -0.4 is 14.8 Å². The van der Waals surface area contributed by atoms with Gasteiger partial charge in [0, 0.05) is 18.0 Å². The molecule has 1 aliphatic heterocycles. The lowest BCUT2D eigenvalue weighted by atomic mass is 10.1. The number of rotatable bonds is 6. The predicted octanol–water partition coefficient (Wildman–Crippen LogP) is 2.53. The molecular weight excluding hydrogens is 312 g/mol. The van der Waals surface area contributed by atoms with Gasteiger partial charge in [0.1, 0.15) is 0 Å². The smallest absolute Gasteiger partial charge is 0.237 e. The molecule has 0 radical (unpaired) electrons. The Morgan fingerprint density at radius 1 is 1.26 bits per heavy atom. The number of hydrogen-bond acceptors (Lipinski definition) is 5. The number of benzene rings is 1. The average molecular weight is 338 g/mol. The monoisotopic (exact) mass is 338 g/mol. The Morgan fingerprint density at radius 3 is 2.61 bits per heavy atom. The van der Waals surface area contributed by atoms with E-state index < -0.39 is 0 Å². The summed E-state index contributed by atoms with van der Waals surface area (Å²) in [4.78, 5) is 15.5. The maximum atomic E-state index is 12.2. The van der Waals surface area contributed by atoms with Crippen LogP contribution in [0.5, 0.6) is 11.5 Å². The summed E-state index contributed by atoms with van der Waals surface area (Å²) in [7, 11) is 5.29. The number of ether oxygens (including phenoxy) is 2. The van der Waals surface area contributed by atoms with Gasteiger partial charge < -0.3 is 14.8 Å². The Labute approximate surface area is 142 Å². The number of carbonyl (C=O) groups excluding carboxylic acids is 1. The topological polar surface area (TPSA) is 50.8 Å². The maximum absolute atomic E-state index is 12.2. The molecule has 5 nitrogen and oxygen atoms in total. The molecule has 0 aliphatic carbocycles. The second-order valence-electron chi connectivity index (χ2n) is 5.74. The molecule has 1 saturated heterocycles. The SMILES string of the molecule is COc1cc(CN(C)C2CCCCNC2=O)c(SC)cc1OC. The van der Waals surface area contributed by atoms with Crippen molar-refractivity contribution in [1.82, 2.24) is 10.2 Å². The highest BCUT2D eigenvalue weighted by Crippen LogP contribution is 2.35. The second kappa shape index (κ2) is 8.45. The Morgan fingerprint density at radius 2 is 1.96 bits per heavy atom. The number of hydrogen-bond donors (Lipinski definition) is 1. The number of nitrogens with one attached hydrogen (secondary N) is 1. The van der Waals surface area contributed by atoms with Crippen molar-refractivity contribution in [3.63, 3.8) is 0 Å². The van der Waals surface area contributed by atoms with Crippen molar-refractivity contribution in [2.75, 3.05) is 34.1 Å². The average Bonchev–Trinajstić information content (AvgIpc) is 2.78. The minimum Gasteiger partial charge on any atom is -0.493 e. The van der Waals surface area contributed by atoms with Gasteiger partial charge in [-0.05, 0) is 50.3 Å². The molecule has 128 valence electrons. The highest BCUT2D eigenvalue weighted by atomic mass is 32.2. The van der Waals surface area contributed by atoms with Gasteiger partial charge in [-0.1, -0.05) is 0 Å². The van der Waals surface area contributed by atoms with E-state index in [1.165, 1.54) is 0 Å². The molecule has 2 rings (SSSR count). The van der Waals surface area contributed by atoms with Crippen LogP contribution >= 0.6 is 11.8 Å². The van der Waals surface area contributed by atoms with Crippen LogP contribution in [0.1, 0.15) is 24.8 Å². The Hall–Kier alpha value is -1.40. The zero-order valence-corrected chi connectivity index (χ0v) is 15.2. The molecule has 1 aliphatic rings. The minimum absolute atomic E-state index is 0.0692. The van der Waals surface area contributed by atoms with Crippen LogP contribution in [0.15, 0.2) is 17.0 Å². The summed E-state index contributed by atoms with van der Waals surface area (Å²) >= 11 is 1.67. The highest BCUT2D eigenvalue weighted by Gasteiger charge is 2.25. The first kappa shape index (κ1) is 17.9. The van der Waals surface area contributed by atoms with Gasteiger partial charge in [0.05, 0.1) is 20.3 Å². The minimum atomic E-state index is -0.0692. The van der Waals surface area contributed by atoms with Crippen LogP contribution in [0.2, 0.25) is 0 Å². The Bertz CT molecular complexity index is 551. The van der Waals surface area contributed by atoms with E-state index in [9.17, 15) is 4.79 Å². The molecule has 1 heterocycles. The molecule has 0 saturated carbocycles. The summed E-state index contributed by atoms with van der Waals surface area (Å²) in [5, 5.41) is 3.00. The van der Waals surface area contributed by atoms with Crippen molar-refractivity contribution in [2.24, 2.45) is 0 Å². The van der Waals surface area contributed by atoms with Crippen molar-refractivity contribution >= 4 is 17.7 Å². The quantitative estimate of drug-likeness (QED) is 0.808. The van der Waals surface area contributed by atoms with Gasteiger partial charge in [-0.2, -0.15) is 0 Å². The molecule has 1 amide bonds. The van der Waals surface area contributed by atoms with E-state index in [2.05, 4.69) is 10.2 Å². The van der Waals surface area contributed by atoms with E-state index in [-0.39, 0.29) is 11.9 Å². The fourth-order valence-corrected chi connectivity index (χ4v) is 3.55. The summed E-state index contributed by atoms with van der Waals surface area (Å²) in [6, 6.07) is 3.94. The summed E-state index contributed by atoms with van der Waals surface area (Å²) < 4.78 is 10.8. The molecule has 6 heteroatoms. The summed E-state index contributed by atoms with van der Waals surface area (Å²) in [5.74, 6) is 1.59. The molecule has 1 aromatic rings. The third kappa shape index (κ3) is 4.32. The lowest BCUT2D eigenvalue weighted by molar-refractivity contribution is -0.125. The van der Waals surface area contributed by atoms with Gasteiger partial charge >= 0.3 is 0 Å². The van der Waals surface area contributed by atoms with Gasteiger partial charge in [-0.3, -0.25) is 9.69 Å². The van der Waals surface area contributed by atoms with E-state index in [0.717, 1.165) is 47.8 Å².